The number of aliphatic hydroxyl groups is 1. The molecular weight excluding hydrogens is 218 g/mol. The van der Waals surface area contributed by atoms with E-state index < -0.39 is 12.1 Å². The predicted octanol–water partition coefficient (Wildman–Crippen LogP) is 1.56. The maximum Gasteiger partial charge on any atom is 0.303 e. The van der Waals surface area contributed by atoms with E-state index in [1.54, 1.807) is 0 Å². The summed E-state index contributed by atoms with van der Waals surface area (Å²) in [6.07, 6.45) is -0.198. The van der Waals surface area contributed by atoms with E-state index in [-0.39, 0.29) is 12.5 Å². The van der Waals surface area contributed by atoms with E-state index in [4.69, 9.17) is 5.11 Å². The monoisotopic (exact) mass is 237 g/mol. The highest BCUT2D eigenvalue weighted by Crippen LogP contribution is 2.19. The first-order valence-corrected chi connectivity index (χ1v) is 5.83. The van der Waals surface area contributed by atoms with Crippen LogP contribution in [-0.4, -0.2) is 28.8 Å². The quantitative estimate of drug-likeness (QED) is 0.673. The highest BCUT2D eigenvalue weighted by atomic mass is 16.4. The zero-order chi connectivity index (χ0) is 12.7. The van der Waals surface area contributed by atoms with Gasteiger partial charge in [-0.05, 0) is 18.5 Å². The van der Waals surface area contributed by atoms with Crippen LogP contribution in [0.15, 0.2) is 30.3 Å². The zero-order valence-electron chi connectivity index (χ0n) is 9.97. The molecule has 0 heterocycles. The van der Waals surface area contributed by atoms with E-state index in [9.17, 15) is 9.90 Å². The van der Waals surface area contributed by atoms with Gasteiger partial charge in [0.1, 0.15) is 0 Å². The molecule has 94 valence electrons. The standard InChI is InChI=1S/C13H19NO3/c1-2-14-11(8-9-12(15)16)13(17)10-6-4-3-5-7-10/h3-7,11,13-14,17H,2,8-9H2,1H3,(H,15,16). The molecule has 0 radical (unpaired) electrons. The fraction of sp³-hybridized carbons (Fsp3) is 0.462. The molecule has 0 spiro atoms. The van der Waals surface area contributed by atoms with Crippen molar-refractivity contribution in [3.05, 3.63) is 35.9 Å². The van der Waals surface area contributed by atoms with Crippen molar-refractivity contribution in [3.63, 3.8) is 0 Å². The smallest absolute Gasteiger partial charge is 0.303 e. The molecule has 3 N–H and O–H groups in total. The Kier molecular flexibility index (Phi) is 5.66. The maximum absolute atomic E-state index is 10.6. The highest BCUT2D eigenvalue weighted by molar-refractivity contribution is 5.66. The largest absolute Gasteiger partial charge is 0.481 e. The molecule has 17 heavy (non-hydrogen) atoms. The fourth-order valence-corrected chi connectivity index (χ4v) is 1.80. The first-order valence-electron chi connectivity index (χ1n) is 5.83. The summed E-state index contributed by atoms with van der Waals surface area (Å²) in [6.45, 7) is 2.64. The lowest BCUT2D eigenvalue weighted by molar-refractivity contribution is -0.137. The van der Waals surface area contributed by atoms with Crippen LogP contribution in [0.5, 0.6) is 0 Å². The number of aliphatic carboxylic acids is 1. The Morgan fingerprint density at radius 3 is 2.53 bits per heavy atom. The predicted molar refractivity (Wildman–Crippen MR) is 65.7 cm³/mol. The Morgan fingerprint density at radius 2 is 2.00 bits per heavy atom. The van der Waals surface area contributed by atoms with E-state index in [0.717, 1.165) is 5.56 Å². The Hall–Kier alpha value is -1.39. The van der Waals surface area contributed by atoms with Crippen LogP contribution in [0.25, 0.3) is 0 Å². The van der Waals surface area contributed by atoms with Gasteiger partial charge in [0, 0.05) is 12.5 Å². The fourth-order valence-electron chi connectivity index (χ4n) is 1.80. The lowest BCUT2D eigenvalue weighted by Gasteiger charge is -2.23. The minimum absolute atomic E-state index is 0.0571. The number of carboxylic acid groups (broad SMARTS) is 1. The average Bonchev–Trinajstić information content (AvgIpc) is 2.34. The lowest BCUT2D eigenvalue weighted by atomic mass is 9.98. The summed E-state index contributed by atoms with van der Waals surface area (Å²) in [5.41, 5.74) is 0.809. The highest BCUT2D eigenvalue weighted by Gasteiger charge is 2.20. The second-order valence-corrected chi connectivity index (χ2v) is 3.95. The number of hydrogen-bond acceptors (Lipinski definition) is 3. The summed E-state index contributed by atoms with van der Waals surface area (Å²) in [6, 6.07) is 9.07. The first-order chi connectivity index (χ1) is 8.15. The third kappa shape index (κ3) is 4.54. The van der Waals surface area contributed by atoms with Crippen molar-refractivity contribution in [2.24, 2.45) is 0 Å². The molecule has 0 aromatic heterocycles. The van der Waals surface area contributed by atoms with Gasteiger partial charge in [-0.15, -0.1) is 0 Å². The van der Waals surface area contributed by atoms with Crippen molar-refractivity contribution in [1.82, 2.24) is 5.32 Å². The van der Waals surface area contributed by atoms with Gasteiger partial charge in [-0.25, -0.2) is 0 Å². The molecule has 1 aromatic rings. The number of rotatable bonds is 7. The van der Waals surface area contributed by atoms with Gasteiger partial charge in [-0.2, -0.15) is 0 Å². The first kappa shape index (κ1) is 13.7. The molecule has 2 atom stereocenters. The maximum atomic E-state index is 10.6. The summed E-state index contributed by atoms with van der Waals surface area (Å²) < 4.78 is 0. The third-order valence-corrected chi connectivity index (χ3v) is 2.66. The average molecular weight is 237 g/mol. The van der Waals surface area contributed by atoms with Crippen molar-refractivity contribution in [3.8, 4) is 0 Å². The topological polar surface area (TPSA) is 69.6 Å². The molecule has 4 heteroatoms. The van der Waals surface area contributed by atoms with Crippen molar-refractivity contribution in [2.45, 2.75) is 31.9 Å². The van der Waals surface area contributed by atoms with Crippen LogP contribution in [-0.2, 0) is 4.79 Å². The van der Waals surface area contributed by atoms with Crippen molar-refractivity contribution >= 4 is 5.97 Å². The van der Waals surface area contributed by atoms with Gasteiger partial charge in [-0.1, -0.05) is 37.3 Å². The molecule has 0 amide bonds. The number of hydrogen-bond donors (Lipinski definition) is 3. The number of carbonyl (C=O) groups is 1. The molecule has 0 bridgehead atoms. The number of benzene rings is 1. The minimum Gasteiger partial charge on any atom is -0.481 e. The Morgan fingerprint density at radius 1 is 1.35 bits per heavy atom. The van der Waals surface area contributed by atoms with E-state index in [1.165, 1.54) is 0 Å². The molecule has 0 fully saturated rings. The molecule has 2 unspecified atom stereocenters. The van der Waals surface area contributed by atoms with Crippen LogP contribution in [0.2, 0.25) is 0 Å². The van der Waals surface area contributed by atoms with Crippen LogP contribution in [0.3, 0.4) is 0 Å². The second kappa shape index (κ2) is 7.04. The molecule has 0 saturated heterocycles. The number of likely N-dealkylation sites (N-methyl/N-ethyl adjacent to an activating group) is 1. The van der Waals surface area contributed by atoms with Crippen LogP contribution >= 0.6 is 0 Å². The van der Waals surface area contributed by atoms with E-state index >= 15 is 0 Å². The summed E-state index contributed by atoms with van der Waals surface area (Å²) in [5.74, 6) is -0.840. The normalized spacial score (nSPS) is 14.2. The van der Waals surface area contributed by atoms with Crippen LogP contribution < -0.4 is 5.32 Å². The Balaban J connectivity index is 2.66. The van der Waals surface area contributed by atoms with Crippen molar-refractivity contribution in [1.29, 1.82) is 0 Å². The van der Waals surface area contributed by atoms with Crippen LogP contribution in [0, 0.1) is 0 Å². The molecular formula is C13H19NO3. The Labute approximate surface area is 101 Å². The SMILES string of the molecule is CCNC(CCC(=O)O)C(O)c1ccccc1. The summed E-state index contributed by atoms with van der Waals surface area (Å²) in [5, 5.41) is 22.0. The van der Waals surface area contributed by atoms with E-state index in [2.05, 4.69) is 5.32 Å². The Bertz CT molecular complexity index is 340. The van der Waals surface area contributed by atoms with Crippen LogP contribution in [0.4, 0.5) is 0 Å². The minimum atomic E-state index is -0.840. The van der Waals surface area contributed by atoms with E-state index in [1.807, 2.05) is 37.3 Å². The number of aliphatic hydroxyl groups excluding tert-OH is 1. The zero-order valence-corrected chi connectivity index (χ0v) is 9.97. The molecule has 1 rings (SSSR count). The van der Waals surface area contributed by atoms with E-state index in [0.29, 0.717) is 13.0 Å². The summed E-state index contributed by atoms with van der Waals surface area (Å²) in [4.78, 5) is 10.6. The molecule has 0 saturated carbocycles. The lowest BCUT2D eigenvalue weighted by Crippen LogP contribution is -2.35. The van der Waals surface area contributed by atoms with Crippen molar-refractivity contribution in [2.75, 3.05) is 6.54 Å². The van der Waals surface area contributed by atoms with Crippen LogP contribution in [0.1, 0.15) is 31.4 Å². The van der Waals surface area contributed by atoms with Gasteiger partial charge < -0.3 is 15.5 Å². The number of carboxylic acids is 1. The van der Waals surface area contributed by atoms with Crippen molar-refractivity contribution < 1.29 is 15.0 Å². The third-order valence-electron chi connectivity index (χ3n) is 2.66. The van der Waals surface area contributed by atoms with Gasteiger partial charge in [-0.3, -0.25) is 4.79 Å². The summed E-state index contributed by atoms with van der Waals surface area (Å²) >= 11 is 0. The molecule has 0 aliphatic carbocycles. The molecule has 1 aromatic carbocycles. The van der Waals surface area contributed by atoms with Gasteiger partial charge in [0.25, 0.3) is 0 Å². The summed E-state index contributed by atoms with van der Waals surface area (Å²) in [7, 11) is 0. The van der Waals surface area contributed by atoms with Gasteiger partial charge in [0.2, 0.25) is 0 Å². The number of nitrogens with one attached hydrogen (secondary N) is 1. The van der Waals surface area contributed by atoms with Gasteiger partial charge >= 0.3 is 5.97 Å². The molecule has 4 nitrogen and oxygen atoms in total. The second-order valence-electron chi connectivity index (χ2n) is 3.95. The van der Waals surface area contributed by atoms with Gasteiger partial charge in [0.15, 0.2) is 0 Å². The molecule has 0 aliphatic heterocycles. The molecule has 0 aliphatic rings. The van der Waals surface area contributed by atoms with Gasteiger partial charge in [0.05, 0.1) is 6.10 Å².